The quantitative estimate of drug-likeness (QED) is 0.412. The Kier molecular flexibility index (Phi) is 7.99. The van der Waals surface area contributed by atoms with Crippen molar-refractivity contribution in [2.45, 2.75) is 13.3 Å². The molecule has 0 amide bonds. The second kappa shape index (κ2) is 10.0. The van der Waals surface area contributed by atoms with Gasteiger partial charge in [-0.1, -0.05) is 6.92 Å². The van der Waals surface area contributed by atoms with Gasteiger partial charge in [-0.05, 0) is 18.6 Å². The highest BCUT2D eigenvalue weighted by Gasteiger charge is 2.22. The van der Waals surface area contributed by atoms with Gasteiger partial charge in [-0.15, -0.1) is 0 Å². The first kappa shape index (κ1) is 22.4. The van der Waals surface area contributed by atoms with E-state index in [9.17, 15) is 17.2 Å². The second-order valence-electron chi connectivity index (χ2n) is 6.65. The molecule has 0 bridgehead atoms. The smallest absolute Gasteiger partial charge is 0.211 e. The Morgan fingerprint density at radius 1 is 1.25 bits per heavy atom. The van der Waals surface area contributed by atoms with E-state index in [0.717, 1.165) is 18.1 Å². The van der Waals surface area contributed by atoms with E-state index in [1.807, 2.05) is 11.8 Å². The maximum atomic E-state index is 14.0. The Labute approximate surface area is 166 Å². The molecule has 0 atom stereocenters. The summed E-state index contributed by atoms with van der Waals surface area (Å²) in [5, 5.41) is 3.25. The minimum Gasteiger partial charge on any atom is -0.366 e. The van der Waals surface area contributed by atoms with Crippen molar-refractivity contribution in [2.75, 3.05) is 64.0 Å². The molecule has 1 aliphatic rings. The van der Waals surface area contributed by atoms with Crippen LogP contribution in [0.15, 0.2) is 23.2 Å². The maximum absolute atomic E-state index is 14.0. The van der Waals surface area contributed by atoms with Gasteiger partial charge in [0.25, 0.3) is 0 Å². The summed E-state index contributed by atoms with van der Waals surface area (Å²) >= 11 is 0. The molecule has 158 valence electrons. The highest BCUT2D eigenvalue weighted by Crippen LogP contribution is 2.21. The highest BCUT2D eigenvalue weighted by molar-refractivity contribution is 7.88. The van der Waals surface area contributed by atoms with Crippen LogP contribution in [0.25, 0.3) is 0 Å². The molecule has 10 heteroatoms. The fourth-order valence-corrected chi connectivity index (χ4v) is 4.16. The Balaban J connectivity index is 1.82. The van der Waals surface area contributed by atoms with Crippen LogP contribution in [0, 0.1) is 11.6 Å². The van der Waals surface area contributed by atoms with Crippen LogP contribution in [0.1, 0.15) is 13.3 Å². The topological polar surface area (TPSA) is 68.2 Å². The van der Waals surface area contributed by atoms with Crippen molar-refractivity contribution in [3.05, 3.63) is 29.8 Å². The zero-order chi connectivity index (χ0) is 20.7. The van der Waals surface area contributed by atoms with Gasteiger partial charge in [0.05, 0.1) is 11.9 Å². The Hall–Kier alpha value is -1.94. The van der Waals surface area contributed by atoms with Gasteiger partial charge < -0.3 is 15.1 Å². The molecule has 1 fully saturated rings. The van der Waals surface area contributed by atoms with E-state index in [0.29, 0.717) is 52.2 Å². The minimum absolute atomic E-state index is 0.281. The number of nitrogens with zero attached hydrogens (tertiary/aromatic N) is 4. The molecule has 1 saturated heterocycles. The molecule has 1 N–H and O–H groups in total. The zero-order valence-electron chi connectivity index (χ0n) is 16.7. The van der Waals surface area contributed by atoms with Crippen molar-refractivity contribution in [1.29, 1.82) is 0 Å². The molecule has 1 heterocycles. The predicted molar refractivity (Wildman–Crippen MR) is 108 cm³/mol. The molecule has 0 aliphatic carbocycles. The molecule has 0 aromatic heterocycles. The van der Waals surface area contributed by atoms with Gasteiger partial charge in [-0.25, -0.2) is 21.5 Å². The molecule has 28 heavy (non-hydrogen) atoms. The predicted octanol–water partition coefficient (Wildman–Crippen LogP) is 1.33. The number of sulfonamides is 1. The molecule has 2 rings (SSSR count). The maximum Gasteiger partial charge on any atom is 0.211 e. The van der Waals surface area contributed by atoms with Gasteiger partial charge in [-0.3, -0.25) is 4.99 Å². The van der Waals surface area contributed by atoms with Crippen LogP contribution in [0.5, 0.6) is 0 Å². The van der Waals surface area contributed by atoms with Crippen LogP contribution >= 0.6 is 0 Å². The van der Waals surface area contributed by atoms with Crippen LogP contribution in [0.2, 0.25) is 0 Å². The fourth-order valence-electron chi connectivity index (χ4n) is 3.23. The van der Waals surface area contributed by atoms with Gasteiger partial charge >= 0.3 is 0 Å². The average Bonchev–Trinajstić information content (AvgIpc) is 2.66. The molecular weight excluding hydrogens is 388 g/mol. The standard InChI is InChI=1S/C18H29F2N5O2S/c1-4-25(28(3,26)27)9-5-8-22-18(21-2)24-12-10-23(11-13-24)17-14-15(19)6-7-16(17)20/h6-7,14H,4-5,8-13H2,1-3H3,(H,21,22). The largest absolute Gasteiger partial charge is 0.366 e. The third kappa shape index (κ3) is 6.03. The third-order valence-corrected chi connectivity index (χ3v) is 6.11. The summed E-state index contributed by atoms with van der Waals surface area (Å²) < 4.78 is 52.0. The summed E-state index contributed by atoms with van der Waals surface area (Å²) in [6, 6.07) is 3.48. The average molecular weight is 418 g/mol. The molecule has 7 nitrogen and oxygen atoms in total. The summed E-state index contributed by atoms with van der Waals surface area (Å²) in [7, 11) is -1.49. The van der Waals surface area contributed by atoms with Crippen molar-refractivity contribution < 1.29 is 17.2 Å². The molecule has 1 aliphatic heterocycles. The zero-order valence-corrected chi connectivity index (χ0v) is 17.5. The summed E-state index contributed by atoms with van der Waals surface area (Å²) in [5.74, 6) is -0.156. The van der Waals surface area contributed by atoms with Crippen molar-refractivity contribution in [3.63, 3.8) is 0 Å². The van der Waals surface area contributed by atoms with Gasteiger partial charge in [0.1, 0.15) is 11.6 Å². The van der Waals surface area contributed by atoms with Gasteiger partial charge in [-0.2, -0.15) is 0 Å². The Morgan fingerprint density at radius 2 is 1.93 bits per heavy atom. The normalized spacial score (nSPS) is 16.0. The van der Waals surface area contributed by atoms with E-state index >= 15 is 0 Å². The third-order valence-electron chi connectivity index (χ3n) is 4.73. The fraction of sp³-hybridized carbons (Fsp3) is 0.611. The lowest BCUT2D eigenvalue weighted by Gasteiger charge is -2.37. The molecule has 1 aromatic rings. The van der Waals surface area contributed by atoms with E-state index in [4.69, 9.17) is 0 Å². The monoisotopic (exact) mass is 417 g/mol. The van der Waals surface area contributed by atoms with Gasteiger partial charge in [0.2, 0.25) is 10.0 Å². The summed E-state index contributed by atoms with van der Waals surface area (Å²) in [6.45, 7) is 5.67. The van der Waals surface area contributed by atoms with Crippen molar-refractivity contribution >= 4 is 21.7 Å². The number of guanidine groups is 1. The minimum atomic E-state index is -3.18. The number of hydrogen-bond donors (Lipinski definition) is 1. The lowest BCUT2D eigenvalue weighted by molar-refractivity contribution is 0.368. The number of halogens is 2. The van der Waals surface area contributed by atoms with Crippen molar-refractivity contribution in [1.82, 2.24) is 14.5 Å². The lowest BCUT2D eigenvalue weighted by atomic mass is 10.2. The summed E-state index contributed by atoms with van der Waals surface area (Å²) in [5.41, 5.74) is 0.281. The number of rotatable bonds is 7. The van der Waals surface area contributed by atoms with E-state index in [1.54, 1.807) is 7.05 Å². The molecule has 1 aromatic carbocycles. The van der Waals surface area contributed by atoms with Crippen LogP contribution in [0.3, 0.4) is 0 Å². The van der Waals surface area contributed by atoms with Crippen LogP contribution in [-0.4, -0.2) is 82.7 Å². The first-order valence-electron chi connectivity index (χ1n) is 9.37. The number of benzene rings is 1. The van der Waals surface area contributed by atoms with E-state index in [1.165, 1.54) is 16.6 Å². The number of anilines is 1. The number of nitrogens with one attached hydrogen (secondary N) is 1. The second-order valence-corrected chi connectivity index (χ2v) is 8.63. The first-order chi connectivity index (χ1) is 13.3. The Bertz CT molecular complexity index is 780. The highest BCUT2D eigenvalue weighted by atomic mass is 32.2. The van der Waals surface area contributed by atoms with Gasteiger partial charge in [0, 0.05) is 58.9 Å². The number of aliphatic imine (C=N–C) groups is 1. The Morgan fingerprint density at radius 3 is 2.50 bits per heavy atom. The SMILES string of the molecule is CCN(CCCNC(=NC)N1CCN(c2cc(F)ccc2F)CC1)S(C)(=O)=O. The molecule has 0 saturated carbocycles. The van der Waals surface area contributed by atoms with E-state index in [-0.39, 0.29) is 5.69 Å². The summed E-state index contributed by atoms with van der Waals surface area (Å²) in [4.78, 5) is 8.16. The first-order valence-corrected chi connectivity index (χ1v) is 11.2. The van der Waals surface area contributed by atoms with E-state index in [2.05, 4.69) is 15.2 Å². The number of piperazine rings is 1. The van der Waals surface area contributed by atoms with Crippen molar-refractivity contribution in [3.8, 4) is 0 Å². The number of hydrogen-bond acceptors (Lipinski definition) is 4. The van der Waals surface area contributed by atoms with Gasteiger partial charge in [0.15, 0.2) is 5.96 Å². The lowest BCUT2D eigenvalue weighted by Crippen LogP contribution is -2.53. The van der Waals surface area contributed by atoms with Crippen molar-refractivity contribution in [2.24, 2.45) is 4.99 Å². The van der Waals surface area contributed by atoms with Crippen LogP contribution in [0.4, 0.5) is 14.5 Å². The van der Waals surface area contributed by atoms with Crippen LogP contribution in [-0.2, 0) is 10.0 Å². The summed E-state index contributed by atoms with van der Waals surface area (Å²) in [6.07, 6.45) is 1.87. The molecule has 0 spiro atoms. The molecule has 0 radical (unpaired) electrons. The molecule has 0 unspecified atom stereocenters. The van der Waals surface area contributed by atoms with Crippen LogP contribution < -0.4 is 10.2 Å². The molecular formula is C18H29F2N5O2S. The van der Waals surface area contributed by atoms with E-state index < -0.39 is 21.7 Å².